The Bertz CT molecular complexity index is 359. The van der Waals surface area contributed by atoms with Gasteiger partial charge in [-0.2, -0.15) is 5.10 Å². The van der Waals surface area contributed by atoms with Crippen LogP contribution >= 0.6 is 0 Å². The quantitative estimate of drug-likeness (QED) is 0.611. The fourth-order valence-electron chi connectivity index (χ4n) is 1.07. The maximum Gasteiger partial charge on any atom is 0.303 e. The van der Waals surface area contributed by atoms with E-state index in [1.165, 1.54) is 0 Å². The topological polar surface area (TPSA) is 95.1 Å². The predicted octanol–water partition coefficient (Wildman–Crippen LogP) is 0.313. The number of H-pyrrole nitrogens is 1. The van der Waals surface area contributed by atoms with Crippen LogP contribution in [-0.2, 0) is 4.79 Å². The fourth-order valence-corrected chi connectivity index (χ4v) is 1.07. The summed E-state index contributed by atoms with van der Waals surface area (Å²) >= 11 is 0. The molecular weight excluding hydrogens is 198 g/mol. The Morgan fingerprint density at radius 2 is 2.33 bits per heavy atom. The summed E-state index contributed by atoms with van der Waals surface area (Å²) in [5.41, 5.74) is 1.13. The summed E-state index contributed by atoms with van der Waals surface area (Å²) in [6.45, 7) is 2.14. The van der Waals surface area contributed by atoms with E-state index in [0.717, 1.165) is 5.69 Å². The standard InChI is InChI=1S/C9H13N3O3/c1-6-5-7(12-11-6)9(15)10-4-2-3-8(13)14/h5H,2-4H2,1H3,(H,10,15)(H,11,12)(H,13,14). The highest BCUT2D eigenvalue weighted by Crippen LogP contribution is 1.97. The average molecular weight is 211 g/mol. The third kappa shape index (κ3) is 3.80. The Kier molecular flexibility index (Phi) is 3.84. The SMILES string of the molecule is Cc1cc(C(=O)NCCCC(=O)O)n[nH]1. The summed E-state index contributed by atoms with van der Waals surface area (Å²) in [4.78, 5) is 21.5. The van der Waals surface area contributed by atoms with Crippen molar-refractivity contribution >= 4 is 11.9 Å². The van der Waals surface area contributed by atoms with Crippen LogP contribution in [0.25, 0.3) is 0 Å². The van der Waals surface area contributed by atoms with Crippen LogP contribution in [0.4, 0.5) is 0 Å². The van der Waals surface area contributed by atoms with Crippen molar-refractivity contribution in [1.29, 1.82) is 0 Å². The van der Waals surface area contributed by atoms with E-state index < -0.39 is 5.97 Å². The number of nitrogens with one attached hydrogen (secondary N) is 2. The number of hydrogen-bond donors (Lipinski definition) is 3. The lowest BCUT2D eigenvalue weighted by atomic mass is 10.3. The molecule has 1 rings (SSSR count). The van der Waals surface area contributed by atoms with Crippen LogP contribution in [0.15, 0.2) is 6.07 Å². The molecule has 1 amide bonds. The molecule has 15 heavy (non-hydrogen) atoms. The van der Waals surface area contributed by atoms with E-state index in [1.807, 2.05) is 0 Å². The van der Waals surface area contributed by atoms with Gasteiger partial charge < -0.3 is 10.4 Å². The summed E-state index contributed by atoms with van der Waals surface area (Å²) in [5.74, 6) is -1.15. The molecular formula is C9H13N3O3. The second kappa shape index (κ2) is 5.14. The molecule has 1 heterocycles. The number of aliphatic carboxylic acids is 1. The normalized spacial score (nSPS) is 9.93. The average Bonchev–Trinajstić information content (AvgIpc) is 2.59. The number of aromatic nitrogens is 2. The number of carboxylic acids is 1. The number of carbonyl (C=O) groups excluding carboxylic acids is 1. The van der Waals surface area contributed by atoms with Gasteiger partial charge in [0.15, 0.2) is 0 Å². The van der Waals surface area contributed by atoms with E-state index in [2.05, 4.69) is 15.5 Å². The molecule has 1 aromatic rings. The molecule has 0 unspecified atom stereocenters. The summed E-state index contributed by atoms with van der Waals surface area (Å²) in [7, 11) is 0. The van der Waals surface area contributed by atoms with Gasteiger partial charge >= 0.3 is 5.97 Å². The number of aromatic amines is 1. The van der Waals surface area contributed by atoms with Gasteiger partial charge in [-0.25, -0.2) is 0 Å². The molecule has 0 spiro atoms. The van der Waals surface area contributed by atoms with Gasteiger partial charge in [0.2, 0.25) is 0 Å². The molecule has 0 radical (unpaired) electrons. The molecule has 0 atom stereocenters. The maximum absolute atomic E-state index is 11.4. The molecule has 0 aliphatic heterocycles. The molecule has 0 saturated heterocycles. The minimum atomic E-state index is -0.861. The van der Waals surface area contributed by atoms with E-state index in [4.69, 9.17) is 5.11 Å². The lowest BCUT2D eigenvalue weighted by Crippen LogP contribution is -2.25. The van der Waals surface area contributed by atoms with E-state index in [0.29, 0.717) is 18.7 Å². The van der Waals surface area contributed by atoms with Crippen LogP contribution in [0.2, 0.25) is 0 Å². The van der Waals surface area contributed by atoms with Crippen LogP contribution in [0.1, 0.15) is 29.0 Å². The molecule has 3 N–H and O–H groups in total. The fraction of sp³-hybridized carbons (Fsp3) is 0.444. The maximum atomic E-state index is 11.4. The zero-order valence-corrected chi connectivity index (χ0v) is 8.41. The molecule has 82 valence electrons. The first-order valence-corrected chi connectivity index (χ1v) is 4.61. The van der Waals surface area contributed by atoms with Crippen molar-refractivity contribution in [2.24, 2.45) is 0 Å². The Morgan fingerprint density at radius 3 is 2.87 bits per heavy atom. The van der Waals surface area contributed by atoms with Crippen molar-refractivity contribution < 1.29 is 14.7 Å². The smallest absolute Gasteiger partial charge is 0.303 e. The first-order valence-electron chi connectivity index (χ1n) is 4.61. The summed E-state index contributed by atoms with van der Waals surface area (Å²) in [6, 6.07) is 1.63. The van der Waals surface area contributed by atoms with E-state index in [9.17, 15) is 9.59 Å². The zero-order valence-electron chi connectivity index (χ0n) is 8.41. The van der Waals surface area contributed by atoms with Crippen molar-refractivity contribution in [2.45, 2.75) is 19.8 Å². The van der Waals surface area contributed by atoms with Gasteiger partial charge in [0.05, 0.1) is 0 Å². The third-order valence-corrected chi connectivity index (χ3v) is 1.79. The number of aryl methyl sites for hydroxylation is 1. The number of carboxylic acid groups (broad SMARTS) is 1. The molecule has 0 aliphatic carbocycles. The summed E-state index contributed by atoms with van der Waals surface area (Å²) in [5, 5.41) is 17.4. The first kappa shape index (κ1) is 11.2. The van der Waals surface area contributed by atoms with Gasteiger partial charge in [0.25, 0.3) is 5.91 Å². The number of hydrogen-bond acceptors (Lipinski definition) is 3. The molecule has 0 saturated carbocycles. The van der Waals surface area contributed by atoms with Gasteiger partial charge in [0, 0.05) is 18.7 Å². The number of amides is 1. The predicted molar refractivity (Wildman–Crippen MR) is 52.5 cm³/mol. The monoisotopic (exact) mass is 211 g/mol. The highest BCUT2D eigenvalue weighted by molar-refractivity contribution is 5.92. The van der Waals surface area contributed by atoms with Gasteiger partial charge in [-0.1, -0.05) is 0 Å². The van der Waals surface area contributed by atoms with E-state index in [1.54, 1.807) is 13.0 Å². The molecule has 1 aromatic heterocycles. The molecule has 0 fully saturated rings. The lowest BCUT2D eigenvalue weighted by Gasteiger charge is -2.00. The van der Waals surface area contributed by atoms with Crippen LogP contribution in [0, 0.1) is 6.92 Å². The lowest BCUT2D eigenvalue weighted by molar-refractivity contribution is -0.137. The first-order chi connectivity index (χ1) is 7.09. The minimum absolute atomic E-state index is 0.0554. The largest absolute Gasteiger partial charge is 0.481 e. The molecule has 6 nitrogen and oxygen atoms in total. The number of rotatable bonds is 5. The second-order valence-corrected chi connectivity index (χ2v) is 3.19. The number of carbonyl (C=O) groups is 2. The summed E-state index contributed by atoms with van der Waals surface area (Å²) in [6.07, 6.45) is 0.477. The highest BCUT2D eigenvalue weighted by Gasteiger charge is 2.08. The highest BCUT2D eigenvalue weighted by atomic mass is 16.4. The van der Waals surface area contributed by atoms with Crippen molar-refractivity contribution in [3.8, 4) is 0 Å². The molecule has 0 bridgehead atoms. The second-order valence-electron chi connectivity index (χ2n) is 3.19. The van der Waals surface area contributed by atoms with Gasteiger partial charge in [-0.05, 0) is 19.4 Å². The minimum Gasteiger partial charge on any atom is -0.481 e. The number of nitrogens with zero attached hydrogens (tertiary/aromatic N) is 1. The molecule has 0 aliphatic rings. The zero-order chi connectivity index (χ0) is 11.3. The van der Waals surface area contributed by atoms with Crippen molar-refractivity contribution in [2.75, 3.05) is 6.54 Å². The van der Waals surface area contributed by atoms with Gasteiger partial charge in [0.1, 0.15) is 5.69 Å². The van der Waals surface area contributed by atoms with Crippen molar-refractivity contribution in [3.05, 3.63) is 17.5 Å². The molecule has 6 heteroatoms. The van der Waals surface area contributed by atoms with Gasteiger partial charge in [-0.3, -0.25) is 14.7 Å². The van der Waals surface area contributed by atoms with Crippen LogP contribution in [0.3, 0.4) is 0 Å². The van der Waals surface area contributed by atoms with E-state index in [-0.39, 0.29) is 12.3 Å². The van der Waals surface area contributed by atoms with Gasteiger partial charge in [-0.15, -0.1) is 0 Å². The van der Waals surface area contributed by atoms with Crippen LogP contribution in [0.5, 0.6) is 0 Å². The van der Waals surface area contributed by atoms with Crippen molar-refractivity contribution in [3.63, 3.8) is 0 Å². The Morgan fingerprint density at radius 1 is 1.60 bits per heavy atom. The Hall–Kier alpha value is -1.85. The summed E-state index contributed by atoms with van der Waals surface area (Å²) < 4.78 is 0. The Balaban J connectivity index is 2.28. The van der Waals surface area contributed by atoms with E-state index >= 15 is 0 Å². The third-order valence-electron chi connectivity index (χ3n) is 1.79. The van der Waals surface area contributed by atoms with Crippen LogP contribution in [-0.4, -0.2) is 33.7 Å². The van der Waals surface area contributed by atoms with Crippen LogP contribution < -0.4 is 5.32 Å². The Labute approximate surface area is 86.7 Å². The molecule has 0 aromatic carbocycles. The van der Waals surface area contributed by atoms with Crippen molar-refractivity contribution in [1.82, 2.24) is 15.5 Å².